The Bertz CT molecular complexity index is 497. The smallest absolute Gasteiger partial charge is 0.126 e. The van der Waals surface area contributed by atoms with Crippen LogP contribution in [0.2, 0.25) is 0 Å². The van der Waals surface area contributed by atoms with Gasteiger partial charge in [0.1, 0.15) is 5.82 Å². The zero-order chi connectivity index (χ0) is 12.1. The molecule has 0 bridgehead atoms. The van der Waals surface area contributed by atoms with E-state index in [0.717, 1.165) is 16.9 Å². The molecule has 0 radical (unpaired) electrons. The monoisotopic (exact) mass is 230 g/mol. The third-order valence-corrected chi connectivity index (χ3v) is 2.57. The van der Waals surface area contributed by atoms with E-state index in [4.69, 9.17) is 5.73 Å². The number of rotatable bonds is 4. The Morgan fingerprint density at radius 2 is 1.88 bits per heavy atom. The van der Waals surface area contributed by atoms with Gasteiger partial charge in [0.2, 0.25) is 0 Å². The maximum Gasteiger partial charge on any atom is 0.126 e. The third-order valence-electron chi connectivity index (χ3n) is 2.57. The fourth-order valence-electron chi connectivity index (χ4n) is 1.69. The van der Waals surface area contributed by atoms with Crippen molar-refractivity contribution in [1.82, 2.24) is 0 Å². The Labute approximate surface area is 100 Å². The SMILES string of the molecule is Nc1cccc(NCCc2ccccc2F)c1. The molecule has 0 saturated heterocycles. The van der Waals surface area contributed by atoms with Gasteiger partial charge in [0.15, 0.2) is 0 Å². The molecule has 88 valence electrons. The largest absolute Gasteiger partial charge is 0.399 e. The Balaban J connectivity index is 1.90. The van der Waals surface area contributed by atoms with Gasteiger partial charge in [0.05, 0.1) is 0 Å². The molecule has 0 amide bonds. The van der Waals surface area contributed by atoms with Crippen molar-refractivity contribution < 1.29 is 4.39 Å². The average molecular weight is 230 g/mol. The van der Waals surface area contributed by atoms with Crippen molar-refractivity contribution in [3.8, 4) is 0 Å². The molecule has 2 rings (SSSR count). The van der Waals surface area contributed by atoms with Crippen LogP contribution in [0.15, 0.2) is 48.5 Å². The van der Waals surface area contributed by atoms with E-state index in [1.54, 1.807) is 12.1 Å². The highest BCUT2D eigenvalue weighted by Gasteiger charge is 1.99. The maximum absolute atomic E-state index is 13.3. The van der Waals surface area contributed by atoms with Gasteiger partial charge in [-0.25, -0.2) is 4.39 Å². The summed E-state index contributed by atoms with van der Waals surface area (Å²) in [7, 11) is 0. The minimum atomic E-state index is -0.151. The van der Waals surface area contributed by atoms with Gasteiger partial charge in [-0.3, -0.25) is 0 Å². The summed E-state index contributed by atoms with van der Waals surface area (Å²) >= 11 is 0. The van der Waals surface area contributed by atoms with Crippen LogP contribution in [0.1, 0.15) is 5.56 Å². The van der Waals surface area contributed by atoms with E-state index in [0.29, 0.717) is 13.0 Å². The number of nitrogen functional groups attached to an aromatic ring is 1. The van der Waals surface area contributed by atoms with Crippen molar-refractivity contribution in [3.63, 3.8) is 0 Å². The number of nitrogens with one attached hydrogen (secondary N) is 1. The first-order valence-electron chi connectivity index (χ1n) is 5.58. The summed E-state index contributed by atoms with van der Waals surface area (Å²) in [6.45, 7) is 0.685. The summed E-state index contributed by atoms with van der Waals surface area (Å²) in [6.07, 6.45) is 0.654. The standard InChI is InChI=1S/C14H15FN2/c15-14-7-2-1-4-11(14)8-9-17-13-6-3-5-12(16)10-13/h1-7,10,17H,8-9,16H2. The quantitative estimate of drug-likeness (QED) is 0.792. The summed E-state index contributed by atoms with van der Waals surface area (Å²) in [6, 6.07) is 14.4. The van der Waals surface area contributed by atoms with Gasteiger partial charge >= 0.3 is 0 Å². The molecule has 17 heavy (non-hydrogen) atoms. The predicted octanol–water partition coefficient (Wildman–Crippen LogP) is 3.06. The molecular weight excluding hydrogens is 215 g/mol. The maximum atomic E-state index is 13.3. The molecule has 2 aromatic carbocycles. The molecule has 0 saturated carbocycles. The highest BCUT2D eigenvalue weighted by atomic mass is 19.1. The first-order valence-corrected chi connectivity index (χ1v) is 5.58. The second-order valence-electron chi connectivity index (χ2n) is 3.89. The van der Waals surface area contributed by atoms with Crippen LogP contribution in [-0.2, 0) is 6.42 Å². The van der Waals surface area contributed by atoms with Crippen molar-refractivity contribution in [2.45, 2.75) is 6.42 Å². The Hall–Kier alpha value is -2.03. The molecule has 2 nitrogen and oxygen atoms in total. The van der Waals surface area contributed by atoms with Crippen LogP contribution in [0.4, 0.5) is 15.8 Å². The van der Waals surface area contributed by atoms with Crippen LogP contribution in [-0.4, -0.2) is 6.54 Å². The van der Waals surface area contributed by atoms with Gasteiger partial charge in [0, 0.05) is 17.9 Å². The Kier molecular flexibility index (Phi) is 3.60. The zero-order valence-electron chi connectivity index (χ0n) is 9.49. The summed E-state index contributed by atoms with van der Waals surface area (Å²) in [5.41, 5.74) is 8.07. The Morgan fingerprint density at radius 3 is 2.65 bits per heavy atom. The number of hydrogen-bond acceptors (Lipinski definition) is 2. The van der Waals surface area contributed by atoms with E-state index >= 15 is 0 Å². The summed E-state index contributed by atoms with van der Waals surface area (Å²) in [5, 5.41) is 3.21. The molecular formula is C14H15FN2. The van der Waals surface area contributed by atoms with Crippen LogP contribution in [0.25, 0.3) is 0 Å². The summed E-state index contributed by atoms with van der Waals surface area (Å²) in [5.74, 6) is -0.151. The second-order valence-corrected chi connectivity index (χ2v) is 3.89. The van der Waals surface area contributed by atoms with Gasteiger partial charge in [-0.15, -0.1) is 0 Å². The molecule has 0 spiro atoms. The average Bonchev–Trinajstić information content (AvgIpc) is 2.32. The van der Waals surface area contributed by atoms with Gasteiger partial charge in [0.25, 0.3) is 0 Å². The van der Waals surface area contributed by atoms with Gasteiger partial charge in [-0.05, 0) is 36.2 Å². The molecule has 0 fully saturated rings. The zero-order valence-corrected chi connectivity index (χ0v) is 9.49. The van der Waals surface area contributed by atoms with Crippen molar-refractivity contribution in [1.29, 1.82) is 0 Å². The van der Waals surface area contributed by atoms with Crippen LogP contribution < -0.4 is 11.1 Å². The fourth-order valence-corrected chi connectivity index (χ4v) is 1.69. The molecule has 3 N–H and O–H groups in total. The Morgan fingerprint density at radius 1 is 1.06 bits per heavy atom. The lowest BCUT2D eigenvalue weighted by molar-refractivity contribution is 0.610. The van der Waals surface area contributed by atoms with Crippen molar-refractivity contribution >= 4 is 11.4 Å². The lowest BCUT2D eigenvalue weighted by Gasteiger charge is -2.07. The molecule has 0 aliphatic carbocycles. The molecule has 2 aromatic rings. The number of halogens is 1. The van der Waals surface area contributed by atoms with E-state index < -0.39 is 0 Å². The predicted molar refractivity (Wildman–Crippen MR) is 69.4 cm³/mol. The summed E-state index contributed by atoms with van der Waals surface area (Å²) < 4.78 is 13.3. The molecule has 0 unspecified atom stereocenters. The number of nitrogens with two attached hydrogens (primary N) is 1. The second kappa shape index (κ2) is 5.34. The third kappa shape index (κ3) is 3.21. The summed E-state index contributed by atoms with van der Waals surface area (Å²) in [4.78, 5) is 0. The first kappa shape index (κ1) is 11.5. The highest BCUT2D eigenvalue weighted by Crippen LogP contribution is 2.12. The van der Waals surface area contributed by atoms with Gasteiger partial charge in [-0.1, -0.05) is 24.3 Å². The van der Waals surface area contributed by atoms with Crippen LogP contribution in [0.3, 0.4) is 0 Å². The van der Waals surface area contributed by atoms with Gasteiger partial charge in [-0.2, -0.15) is 0 Å². The van der Waals surface area contributed by atoms with E-state index in [-0.39, 0.29) is 5.82 Å². The van der Waals surface area contributed by atoms with Gasteiger partial charge < -0.3 is 11.1 Å². The van der Waals surface area contributed by atoms with Crippen molar-refractivity contribution in [3.05, 3.63) is 59.9 Å². The van der Waals surface area contributed by atoms with Crippen LogP contribution in [0.5, 0.6) is 0 Å². The van der Waals surface area contributed by atoms with Crippen LogP contribution >= 0.6 is 0 Å². The molecule has 0 aliphatic heterocycles. The minimum absolute atomic E-state index is 0.151. The van der Waals surface area contributed by atoms with E-state index in [1.807, 2.05) is 30.3 Å². The first-order chi connectivity index (χ1) is 8.25. The topological polar surface area (TPSA) is 38.0 Å². The van der Waals surface area contributed by atoms with E-state index in [2.05, 4.69) is 5.32 Å². The minimum Gasteiger partial charge on any atom is -0.399 e. The lowest BCUT2D eigenvalue weighted by atomic mass is 10.1. The lowest BCUT2D eigenvalue weighted by Crippen LogP contribution is -2.06. The number of anilines is 2. The number of benzene rings is 2. The molecule has 0 atom stereocenters. The highest BCUT2D eigenvalue weighted by molar-refractivity contribution is 5.54. The molecule has 3 heteroatoms. The van der Waals surface area contributed by atoms with Crippen LogP contribution in [0, 0.1) is 5.82 Å². The molecule has 0 heterocycles. The van der Waals surface area contributed by atoms with E-state index in [9.17, 15) is 4.39 Å². The fraction of sp³-hybridized carbons (Fsp3) is 0.143. The molecule has 0 aromatic heterocycles. The van der Waals surface area contributed by atoms with Crippen molar-refractivity contribution in [2.24, 2.45) is 0 Å². The van der Waals surface area contributed by atoms with E-state index in [1.165, 1.54) is 6.07 Å². The number of hydrogen-bond donors (Lipinski definition) is 2. The molecule has 0 aliphatic rings. The normalized spacial score (nSPS) is 10.2. The van der Waals surface area contributed by atoms with Crippen molar-refractivity contribution in [2.75, 3.05) is 17.6 Å².